The van der Waals surface area contributed by atoms with Crippen LogP contribution < -0.4 is 10.1 Å². The molecule has 1 N–H and O–H groups in total. The highest BCUT2D eigenvalue weighted by molar-refractivity contribution is 8.15. The number of hydrogen-bond donors (Lipinski definition) is 1. The largest absolute Gasteiger partial charge is 0.489 e. The van der Waals surface area contributed by atoms with Gasteiger partial charge in [-0.25, -0.2) is 4.39 Å². The van der Waals surface area contributed by atoms with Crippen molar-refractivity contribution >= 4 is 22.9 Å². The molecule has 0 saturated carbocycles. The Labute approximate surface area is 172 Å². The molecule has 3 aromatic rings. The third-order valence-corrected chi connectivity index (χ3v) is 5.61. The van der Waals surface area contributed by atoms with Crippen molar-refractivity contribution in [1.29, 1.82) is 0 Å². The smallest absolute Gasteiger partial charge is 0.286 e. The van der Waals surface area contributed by atoms with Gasteiger partial charge in [0.25, 0.3) is 5.24 Å². The number of imide groups is 1. The fourth-order valence-electron chi connectivity index (χ4n) is 3.09. The SMILES string of the molecule is O=C1NC(=O)C(Cc2ccc(OCc3ccc(-c4cccc(F)c4)cc3)cc2)S1. The minimum absolute atomic E-state index is 0.234. The molecule has 1 unspecified atom stereocenters. The van der Waals surface area contributed by atoms with Crippen LogP contribution in [0.4, 0.5) is 9.18 Å². The quantitative estimate of drug-likeness (QED) is 0.627. The second kappa shape index (κ2) is 8.49. The summed E-state index contributed by atoms with van der Waals surface area (Å²) in [7, 11) is 0. The van der Waals surface area contributed by atoms with E-state index in [1.807, 2.05) is 54.6 Å². The van der Waals surface area contributed by atoms with Crippen LogP contribution >= 0.6 is 11.8 Å². The standard InChI is InChI=1S/C23H18FNO3S/c24-19-3-1-2-18(13-19)17-8-4-16(5-9-17)14-28-20-10-6-15(7-11-20)12-21-22(26)25-23(27)29-21/h1-11,13,21H,12,14H2,(H,25,26,27). The van der Waals surface area contributed by atoms with Crippen LogP contribution in [-0.2, 0) is 17.8 Å². The van der Waals surface area contributed by atoms with Crippen molar-refractivity contribution in [2.75, 3.05) is 0 Å². The third-order valence-electron chi connectivity index (χ3n) is 4.63. The molecular weight excluding hydrogens is 389 g/mol. The highest BCUT2D eigenvalue weighted by Crippen LogP contribution is 2.24. The fraction of sp³-hybridized carbons (Fsp3) is 0.130. The van der Waals surface area contributed by atoms with Gasteiger partial charge in [-0.15, -0.1) is 0 Å². The van der Waals surface area contributed by atoms with Gasteiger partial charge >= 0.3 is 0 Å². The van der Waals surface area contributed by atoms with E-state index >= 15 is 0 Å². The first-order valence-corrected chi connectivity index (χ1v) is 10.0. The van der Waals surface area contributed by atoms with Gasteiger partial charge in [-0.05, 0) is 52.9 Å². The van der Waals surface area contributed by atoms with E-state index in [4.69, 9.17) is 4.74 Å². The van der Waals surface area contributed by atoms with Crippen molar-refractivity contribution in [1.82, 2.24) is 5.32 Å². The average molecular weight is 407 g/mol. The Morgan fingerprint density at radius 3 is 2.28 bits per heavy atom. The normalized spacial score (nSPS) is 16.0. The van der Waals surface area contributed by atoms with E-state index in [2.05, 4.69) is 5.32 Å². The predicted molar refractivity (Wildman–Crippen MR) is 111 cm³/mol. The first kappa shape index (κ1) is 19.2. The van der Waals surface area contributed by atoms with Crippen molar-refractivity contribution in [2.24, 2.45) is 0 Å². The van der Waals surface area contributed by atoms with E-state index in [1.54, 1.807) is 6.07 Å². The molecule has 0 spiro atoms. The zero-order chi connectivity index (χ0) is 20.2. The molecule has 1 atom stereocenters. The van der Waals surface area contributed by atoms with Gasteiger partial charge in [-0.2, -0.15) is 0 Å². The summed E-state index contributed by atoms with van der Waals surface area (Å²) in [6.45, 7) is 0.415. The summed E-state index contributed by atoms with van der Waals surface area (Å²) in [6, 6.07) is 21.8. The van der Waals surface area contributed by atoms with Crippen LogP contribution in [0.5, 0.6) is 5.75 Å². The van der Waals surface area contributed by atoms with E-state index in [0.29, 0.717) is 13.0 Å². The van der Waals surface area contributed by atoms with Gasteiger partial charge in [0.15, 0.2) is 0 Å². The molecule has 1 aliphatic rings. The number of nitrogens with one attached hydrogen (secondary N) is 1. The highest BCUT2D eigenvalue weighted by atomic mass is 32.2. The molecule has 1 aliphatic heterocycles. The highest BCUT2D eigenvalue weighted by Gasteiger charge is 2.31. The van der Waals surface area contributed by atoms with E-state index in [-0.39, 0.29) is 22.2 Å². The monoisotopic (exact) mass is 407 g/mol. The maximum absolute atomic E-state index is 13.4. The summed E-state index contributed by atoms with van der Waals surface area (Å²) in [5, 5.41) is 1.64. The van der Waals surface area contributed by atoms with Crippen molar-refractivity contribution < 1.29 is 18.7 Å². The van der Waals surface area contributed by atoms with E-state index in [1.165, 1.54) is 12.1 Å². The van der Waals surface area contributed by atoms with Gasteiger partial charge in [-0.1, -0.05) is 60.3 Å². The lowest BCUT2D eigenvalue weighted by Gasteiger charge is -2.09. The van der Waals surface area contributed by atoms with E-state index in [9.17, 15) is 14.0 Å². The first-order chi connectivity index (χ1) is 14.1. The maximum Gasteiger partial charge on any atom is 0.286 e. The lowest BCUT2D eigenvalue weighted by Crippen LogP contribution is -2.25. The Balaban J connectivity index is 1.33. The molecule has 4 rings (SSSR count). The van der Waals surface area contributed by atoms with Crippen molar-refractivity contribution in [3.8, 4) is 16.9 Å². The van der Waals surface area contributed by atoms with Crippen LogP contribution in [-0.4, -0.2) is 16.4 Å². The number of amides is 2. The molecular formula is C23H18FNO3S. The maximum atomic E-state index is 13.4. The molecule has 146 valence electrons. The summed E-state index contributed by atoms with van der Waals surface area (Å²) in [4.78, 5) is 22.9. The summed E-state index contributed by atoms with van der Waals surface area (Å²) < 4.78 is 19.2. The Morgan fingerprint density at radius 1 is 0.897 bits per heavy atom. The first-order valence-electron chi connectivity index (χ1n) is 9.15. The second-order valence-electron chi connectivity index (χ2n) is 6.73. The summed E-state index contributed by atoms with van der Waals surface area (Å²) in [5.41, 5.74) is 3.76. The van der Waals surface area contributed by atoms with E-state index < -0.39 is 0 Å². The zero-order valence-electron chi connectivity index (χ0n) is 15.4. The van der Waals surface area contributed by atoms with Crippen LogP contribution in [0.25, 0.3) is 11.1 Å². The van der Waals surface area contributed by atoms with Gasteiger partial charge in [0.1, 0.15) is 18.2 Å². The number of benzene rings is 3. The molecule has 2 amide bonds. The van der Waals surface area contributed by atoms with Gasteiger partial charge in [-0.3, -0.25) is 14.9 Å². The Morgan fingerprint density at radius 2 is 1.62 bits per heavy atom. The van der Waals surface area contributed by atoms with Crippen LogP contribution in [0.15, 0.2) is 72.8 Å². The van der Waals surface area contributed by atoms with Crippen LogP contribution in [0.1, 0.15) is 11.1 Å². The number of halogens is 1. The minimum atomic E-state index is -0.370. The molecule has 1 heterocycles. The Hall–Kier alpha value is -3.12. The van der Waals surface area contributed by atoms with Crippen molar-refractivity contribution in [3.05, 3.63) is 89.7 Å². The van der Waals surface area contributed by atoms with Gasteiger partial charge in [0.05, 0.1) is 5.25 Å². The molecule has 0 aromatic heterocycles. The number of hydrogen-bond acceptors (Lipinski definition) is 4. The topological polar surface area (TPSA) is 55.4 Å². The Kier molecular flexibility index (Phi) is 5.62. The summed E-state index contributed by atoms with van der Waals surface area (Å²) in [6.07, 6.45) is 0.504. The number of carbonyl (C=O) groups excluding carboxylic acids is 2. The molecule has 0 aliphatic carbocycles. The number of ether oxygens (including phenoxy) is 1. The molecule has 0 radical (unpaired) electrons. The van der Waals surface area contributed by atoms with E-state index in [0.717, 1.165) is 39.8 Å². The average Bonchev–Trinajstić information content (AvgIpc) is 3.04. The Bertz CT molecular complexity index is 1030. The fourth-order valence-corrected chi connectivity index (χ4v) is 3.95. The zero-order valence-corrected chi connectivity index (χ0v) is 16.2. The van der Waals surface area contributed by atoms with Gasteiger partial charge in [0, 0.05) is 0 Å². The lowest BCUT2D eigenvalue weighted by molar-refractivity contribution is -0.118. The third kappa shape index (κ3) is 4.84. The minimum Gasteiger partial charge on any atom is -0.489 e. The molecule has 4 nitrogen and oxygen atoms in total. The molecule has 0 bridgehead atoms. The summed E-state index contributed by atoms with van der Waals surface area (Å²) >= 11 is 1.03. The lowest BCUT2D eigenvalue weighted by atomic mass is 10.0. The number of rotatable bonds is 6. The number of carbonyl (C=O) groups is 2. The van der Waals surface area contributed by atoms with Gasteiger partial charge < -0.3 is 4.74 Å². The van der Waals surface area contributed by atoms with Gasteiger partial charge in [0.2, 0.25) is 5.91 Å². The van der Waals surface area contributed by atoms with Crippen LogP contribution in [0.3, 0.4) is 0 Å². The predicted octanol–water partition coefficient (Wildman–Crippen LogP) is 4.97. The van der Waals surface area contributed by atoms with Crippen molar-refractivity contribution in [3.63, 3.8) is 0 Å². The molecule has 6 heteroatoms. The van der Waals surface area contributed by atoms with Crippen LogP contribution in [0.2, 0.25) is 0 Å². The number of thioether (sulfide) groups is 1. The molecule has 1 fully saturated rings. The molecule has 1 saturated heterocycles. The molecule has 3 aromatic carbocycles. The van der Waals surface area contributed by atoms with Crippen molar-refractivity contribution in [2.45, 2.75) is 18.3 Å². The molecule has 29 heavy (non-hydrogen) atoms. The summed E-state index contributed by atoms with van der Waals surface area (Å²) in [5.74, 6) is 0.238. The second-order valence-corrected chi connectivity index (χ2v) is 7.90. The van der Waals surface area contributed by atoms with Crippen LogP contribution in [0, 0.1) is 5.82 Å².